The number of nitrogens with zero attached hydrogens (tertiary/aromatic N) is 1. The maximum Gasteiger partial charge on any atom is 0.125 e. The molecule has 1 nitrogen and oxygen atoms in total. The normalized spacial score (nSPS) is 10.9. The van der Waals surface area contributed by atoms with E-state index in [-0.39, 0.29) is 5.82 Å². The topological polar surface area (TPSA) is 12.9 Å². The van der Waals surface area contributed by atoms with Crippen LogP contribution >= 0.6 is 38.9 Å². The molecule has 0 fully saturated rings. The van der Waals surface area contributed by atoms with Gasteiger partial charge >= 0.3 is 0 Å². The van der Waals surface area contributed by atoms with Crippen molar-refractivity contribution in [3.8, 4) is 21.8 Å². The average Bonchev–Trinajstić information content (AvgIpc) is 2.80. The summed E-state index contributed by atoms with van der Waals surface area (Å²) in [6, 6.07) is 12.4. The van der Waals surface area contributed by atoms with Crippen LogP contribution in [-0.4, -0.2) is 4.98 Å². The van der Waals surface area contributed by atoms with Gasteiger partial charge in [0.25, 0.3) is 0 Å². The van der Waals surface area contributed by atoms with Crippen LogP contribution in [0, 0.1) is 12.7 Å². The molecule has 5 heteroatoms. The molecule has 0 spiro atoms. The quantitative estimate of drug-likeness (QED) is 0.504. The van der Waals surface area contributed by atoms with Crippen LogP contribution in [0.5, 0.6) is 0 Å². The van der Waals surface area contributed by atoms with E-state index >= 15 is 0 Å². The van der Waals surface area contributed by atoms with Crippen molar-refractivity contribution < 1.29 is 4.39 Å². The van der Waals surface area contributed by atoms with Crippen molar-refractivity contribution in [3.63, 3.8) is 0 Å². The van der Waals surface area contributed by atoms with Gasteiger partial charge in [0.2, 0.25) is 0 Å². The standard InChI is InChI=1S/C16H10BrClFNS/c1-9-15(10-3-2-4-11(17)7-10)20-16(21-9)13-6-5-12(19)8-14(13)18/h2-8H,1H3. The Morgan fingerprint density at radius 3 is 2.71 bits per heavy atom. The van der Waals surface area contributed by atoms with E-state index in [2.05, 4.69) is 20.9 Å². The minimum Gasteiger partial charge on any atom is -0.236 e. The van der Waals surface area contributed by atoms with Crippen LogP contribution in [0.25, 0.3) is 21.8 Å². The van der Waals surface area contributed by atoms with Crippen LogP contribution in [0.4, 0.5) is 4.39 Å². The smallest absolute Gasteiger partial charge is 0.125 e. The summed E-state index contributed by atoms with van der Waals surface area (Å²) in [5.74, 6) is -0.343. The Hall–Kier alpha value is -1.23. The molecule has 0 aliphatic carbocycles. The van der Waals surface area contributed by atoms with Crippen LogP contribution in [0.15, 0.2) is 46.9 Å². The average molecular weight is 383 g/mol. The molecule has 2 aromatic carbocycles. The summed E-state index contributed by atoms with van der Waals surface area (Å²) in [6.07, 6.45) is 0. The molecule has 0 saturated carbocycles. The van der Waals surface area contributed by atoms with E-state index in [0.717, 1.165) is 31.2 Å². The fourth-order valence-corrected chi connectivity index (χ4v) is 3.77. The molecule has 0 N–H and O–H groups in total. The highest BCUT2D eigenvalue weighted by Gasteiger charge is 2.14. The number of thiazole rings is 1. The number of aryl methyl sites for hydroxylation is 1. The van der Waals surface area contributed by atoms with E-state index in [1.807, 2.05) is 31.2 Å². The van der Waals surface area contributed by atoms with Crippen LogP contribution in [0.3, 0.4) is 0 Å². The maximum absolute atomic E-state index is 13.2. The van der Waals surface area contributed by atoms with Gasteiger partial charge < -0.3 is 0 Å². The zero-order chi connectivity index (χ0) is 15.0. The predicted molar refractivity (Wildman–Crippen MR) is 90.4 cm³/mol. The van der Waals surface area contributed by atoms with Gasteiger partial charge in [0, 0.05) is 20.5 Å². The third-order valence-electron chi connectivity index (χ3n) is 3.06. The molecule has 21 heavy (non-hydrogen) atoms. The molecular formula is C16H10BrClFNS. The Kier molecular flexibility index (Phi) is 4.11. The fourth-order valence-electron chi connectivity index (χ4n) is 2.08. The van der Waals surface area contributed by atoms with Gasteiger partial charge in [-0.3, -0.25) is 0 Å². The van der Waals surface area contributed by atoms with Crippen molar-refractivity contribution in [3.05, 3.63) is 62.7 Å². The highest BCUT2D eigenvalue weighted by molar-refractivity contribution is 9.10. The largest absolute Gasteiger partial charge is 0.236 e. The molecule has 0 unspecified atom stereocenters. The number of rotatable bonds is 2. The summed E-state index contributed by atoms with van der Waals surface area (Å²) in [5, 5.41) is 1.18. The van der Waals surface area contributed by atoms with Crippen LogP contribution in [0.1, 0.15) is 4.88 Å². The van der Waals surface area contributed by atoms with Crippen molar-refractivity contribution >= 4 is 38.9 Å². The van der Waals surface area contributed by atoms with Gasteiger partial charge in [-0.15, -0.1) is 11.3 Å². The minimum atomic E-state index is -0.343. The first-order valence-electron chi connectivity index (χ1n) is 6.23. The molecule has 0 aliphatic rings. The summed E-state index contributed by atoms with van der Waals surface area (Å²) in [5.41, 5.74) is 2.73. The molecule has 0 atom stereocenters. The lowest BCUT2D eigenvalue weighted by atomic mass is 10.1. The highest BCUT2D eigenvalue weighted by atomic mass is 79.9. The lowest BCUT2D eigenvalue weighted by Gasteiger charge is -2.00. The zero-order valence-corrected chi connectivity index (χ0v) is 14.2. The van der Waals surface area contributed by atoms with Gasteiger partial charge in [0.15, 0.2) is 0 Å². The van der Waals surface area contributed by atoms with E-state index < -0.39 is 0 Å². The Morgan fingerprint density at radius 2 is 2.00 bits per heavy atom. The molecule has 0 amide bonds. The van der Waals surface area contributed by atoms with Crippen molar-refractivity contribution in [1.82, 2.24) is 4.98 Å². The molecule has 0 saturated heterocycles. The Bertz CT molecular complexity index is 816. The second-order valence-corrected chi connectivity index (χ2v) is 7.08. The summed E-state index contributed by atoms with van der Waals surface area (Å²) < 4.78 is 14.2. The molecular weight excluding hydrogens is 373 g/mol. The maximum atomic E-state index is 13.2. The van der Waals surface area contributed by atoms with Gasteiger partial charge in [0.05, 0.1) is 10.7 Å². The predicted octanol–water partition coefficient (Wildman–Crippen LogP) is 6.34. The molecule has 0 bridgehead atoms. The van der Waals surface area contributed by atoms with E-state index in [1.54, 1.807) is 17.4 Å². The van der Waals surface area contributed by atoms with Crippen molar-refractivity contribution in [2.75, 3.05) is 0 Å². The number of hydrogen-bond donors (Lipinski definition) is 0. The van der Waals surface area contributed by atoms with Crippen LogP contribution < -0.4 is 0 Å². The van der Waals surface area contributed by atoms with E-state index in [1.165, 1.54) is 12.1 Å². The number of halogens is 3. The van der Waals surface area contributed by atoms with Gasteiger partial charge in [-0.05, 0) is 37.3 Å². The minimum absolute atomic E-state index is 0.343. The SMILES string of the molecule is Cc1sc(-c2ccc(F)cc2Cl)nc1-c1cccc(Br)c1. The zero-order valence-electron chi connectivity index (χ0n) is 11.0. The number of benzene rings is 2. The second-order valence-electron chi connectivity index (χ2n) is 4.56. The molecule has 1 aromatic heterocycles. The Morgan fingerprint density at radius 1 is 1.19 bits per heavy atom. The molecule has 106 valence electrons. The van der Waals surface area contributed by atoms with Gasteiger partial charge in [-0.2, -0.15) is 0 Å². The first-order chi connectivity index (χ1) is 10.0. The highest BCUT2D eigenvalue weighted by Crippen LogP contribution is 2.37. The molecule has 0 aliphatic heterocycles. The van der Waals surface area contributed by atoms with E-state index in [4.69, 9.17) is 11.6 Å². The Balaban J connectivity index is 2.09. The van der Waals surface area contributed by atoms with Crippen molar-refractivity contribution in [2.24, 2.45) is 0 Å². The lowest BCUT2D eigenvalue weighted by molar-refractivity contribution is 0.628. The van der Waals surface area contributed by atoms with Crippen LogP contribution in [-0.2, 0) is 0 Å². The lowest BCUT2D eigenvalue weighted by Crippen LogP contribution is -1.83. The van der Waals surface area contributed by atoms with Crippen molar-refractivity contribution in [2.45, 2.75) is 6.92 Å². The number of hydrogen-bond acceptors (Lipinski definition) is 2. The van der Waals surface area contributed by atoms with Gasteiger partial charge in [0.1, 0.15) is 10.8 Å². The van der Waals surface area contributed by atoms with E-state index in [0.29, 0.717) is 5.02 Å². The third-order valence-corrected chi connectivity index (χ3v) is 4.87. The monoisotopic (exact) mass is 381 g/mol. The summed E-state index contributed by atoms with van der Waals surface area (Å²) in [4.78, 5) is 5.77. The first-order valence-corrected chi connectivity index (χ1v) is 8.22. The molecule has 3 aromatic rings. The first kappa shape index (κ1) is 14.7. The Labute approximate surface area is 139 Å². The third kappa shape index (κ3) is 3.03. The van der Waals surface area contributed by atoms with Crippen molar-refractivity contribution in [1.29, 1.82) is 0 Å². The number of aromatic nitrogens is 1. The second kappa shape index (κ2) is 5.87. The molecule has 0 radical (unpaired) electrons. The van der Waals surface area contributed by atoms with E-state index in [9.17, 15) is 4.39 Å². The summed E-state index contributed by atoms with van der Waals surface area (Å²) in [7, 11) is 0. The van der Waals surface area contributed by atoms with Gasteiger partial charge in [-0.25, -0.2) is 9.37 Å². The fraction of sp³-hybridized carbons (Fsp3) is 0.0625. The summed E-state index contributed by atoms with van der Waals surface area (Å²) >= 11 is 11.1. The van der Waals surface area contributed by atoms with Gasteiger partial charge in [-0.1, -0.05) is 39.7 Å². The van der Waals surface area contributed by atoms with Crippen LogP contribution in [0.2, 0.25) is 5.02 Å². The molecule has 3 rings (SSSR count). The summed E-state index contributed by atoms with van der Waals surface area (Å²) in [6.45, 7) is 2.02. The molecule has 1 heterocycles.